The lowest BCUT2D eigenvalue weighted by Crippen LogP contribution is -2.59. The van der Waals surface area contributed by atoms with Gasteiger partial charge in [0.05, 0.1) is 5.67 Å². The Kier molecular flexibility index (Phi) is 9.00. The van der Waals surface area contributed by atoms with Crippen molar-refractivity contribution in [1.82, 2.24) is 4.90 Å². The van der Waals surface area contributed by atoms with Crippen LogP contribution < -0.4 is 0 Å². The van der Waals surface area contributed by atoms with Crippen LogP contribution >= 0.6 is 0 Å². The molecule has 6 heteroatoms. The number of rotatable bonds is 6. The molecule has 0 radical (unpaired) electrons. The summed E-state index contributed by atoms with van der Waals surface area (Å²) in [7, 11) is 6.46. The van der Waals surface area contributed by atoms with E-state index in [9.17, 15) is 0 Å². The molecule has 0 aromatic carbocycles. The van der Waals surface area contributed by atoms with Crippen molar-refractivity contribution in [3.05, 3.63) is 0 Å². The Morgan fingerprint density at radius 1 is 1.07 bits per heavy atom. The van der Waals surface area contributed by atoms with E-state index in [1.807, 2.05) is 14.1 Å². The molecular formula is C8H25NO3Si2. The zero-order valence-corrected chi connectivity index (χ0v) is 10.5. The average molecular weight is 239 g/mol. The minimum absolute atomic E-state index is 0. The van der Waals surface area contributed by atoms with Crippen LogP contribution in [-0.4, -0.2) is 65.8 Å². The zero-order chi connectivity index (χ0) is 10.5. The van der Waals surface area contributed by atoms with Crippen LogP contribution in [0.2, 0.25) is 0 Å². The molecule has 4 nitrogen and oxygen atoms in total. The standard InChI is InChI=1S/C8H21NO3Si.H4Si/c1-7-8(9(2)3)13(10-4,11-5)12-6;/h8H,7H2,1-6H3;1H4. The maximum Gasteiger partial charge on any atom is 0.518 e. The third-order valence-electron chi connectivity index (χ3n) is 2.27. The summed E-state index contributed by atoms with van der Waals surface area (Å²) in [5.74, 6) is 0. The topological polar surface area (TPSA) is 30.9 Å². The smallest absolute Gasteiger partial charge is 0.376 e. The third-order valence-corrected chi connectivity index (χ3v) is 5.72. The summed E-state index contributed by atoms with van der Waals surface area (Å²) in [4.78, 5) is 2.09. The van der Waals surface area contributed by atoms with Crippen molar-refractivity contribution in [3.8, 4) is 0 Å². The van der Waals surface area contributed by atoms with Gasteiger partial charge < -0.3 is 18.2 Å². The lowest BCUT2D eigenvalue weighted by Gasteiger charge is -2.35. The first-order chi connectivity index (χ1) is 6.07. The van der Waals surface area contributed by atoms with Crippen LogP contribution in [0.1, 0.15) is 13.3 Å². The van der Waals surface area contributed by atoms with E-state index in [1.165, 1.54) is 0 Å². The third kappa shape index (κ3) is 3.45. The van der Waals surface area contributed by atoms with E-state index < -0.39 is 8.80 Å². The highest BCUT2D eigenvalue weighted by molar-refractivity contribution is 6.62. The van der Waals surface area contributed by atoms with Gasteiger partial charge in [-0.2, -0.15) is 0 Å². The minimum atomic E-state index is -2.48. The monoisotopic (exact) mass is 239 g/mol. The minimum Gasteiger partial charge on any atom is -0.376 e. The van der Waals surface area contributed by atoms with Crippen LogP contribution in [0.25, 0.3) is 0 Å². The van der Waals surface area contributed by atoms with E-state index in [1.54, 1.807) is 21.3 Å². The van der Waals surface area contributed by atoms with Gasteiger partial charge in [-0.25, -0.2) is 0 Å². The maximum absolute atomic E-state index is 5.40. The van der Waals surface area contributed by atoms with Gasteiger partial charge in [-0.05, 0) is 31.5 Å². The van der Waals surface area contributed by atoms with E-state index >= 15 is 0 Å². The van der Waals surface area contributed by atoms with E-state index in [0.717, 1.165) is 6.42 Å². The summed E-state index contributed by atoms with van der Waals surface area (Å²) in [5.41, 5.74) is 0.215. The molecule has 0 aromatic rings. The summed E-state index contributed by atoms with van der Waals surface area (Å²) < 4.78 is 16.2. The maximum atomic E-state index is 5.40. The van der Waals surface area contributed by atoms with Gasteiger partial charge in [-0.15, -0.1) is 0 Å². The molecule has 0 bridgehead atoms. The lowest BCUT2D eigenvalue weighted by atomic mass is 10.4. The van der Waals surface area contributed by atoms with Gasteiger partial charge in [0.15, 0.2) is 0 Å². The van der Waals surface area contributed by atoms with Crippen molar-refractivity contribution >= 4 is 19.8 Å². The second kappa shape index (κ2) is 7.55. The van der Waals surface area contributed by atoms with Gasteiger partial charge in [0.2, 0.25) is 0 Å². The van der Waals surface area contributed by atoms with Crippen molar-refractivity contribution in [3.63, 3.8) is 0 Å². The van der Waals surface area contributed by atoms with Crippen LogP contribution in [0.4, 0.5) is 0 Å². The lowest BCUT2D eigenvalue weighted by molar-refractivity contribution is 0.0864. The molecule has 0 N–H and O–H groups in total. The fourth-order valence-corrected chi connectivity index (χ4v) is 4.04. The highest BCUT2D eigenvalue weighted by Gasteiger charge is 2.47. The molecule has 0 aliphatic rings. The fraction of sp³-hybridized carbons (Fsp3) is 1.00. The number of hydrogen-bond donors (Lipinski definition) is 0. The summed E-state index contributed by atoms with van der Waals surface area (Å²) >= 11 is 0. The molecule has 0 saturated carbocycles. The Morgan fingerprint density at radius 2 is 1.43 bits per heavy atom. The van der Waals surface area contributed by atoms with Crippen molar-refractivity contribution in [2.45, 2.75) is 19.0 Å². The molecule has 0 saturated heterocycles. The van der Waals surface area contributed by atoms with Gasteiger partial charge in [0.25, 0.3) is 0 Å². The highest BCUT2D eigenvalue weighted by atomic mass is 28.4. The van der Waals surface area contributed by atoms with Crippen LogP contribution in [0.5, 0.6) is 0 Å². The molecule has 14 heavy (non-hydrogen) atoms. The molecular weight excluding hydrogens is 214 g/mol. The van der Waals surface area contributed by atoms with E-state index in [-0.39, 0.29) is 16.6 Å². The molecule has 0 heterocycles. The molecule has 0 aliphatic carbocycles. The molecule has 1 atom stereocenters. The predicted octanol–water partition coefficient (Wildman–Crippen LogP) is -0.708. The second-order valence-electron chi connectivity index (χ2n) is 3.10. The summed E-state index contributed by atoms with van der Waals surface area (Å²) in [6.07, 6.45) is 0.953. The Morgan fingerprint density at radius 3 is 1.50 bits per heavy atom. The Labute approximate surface area is 92.9 Å². The molecule has 0 aromatic heterocycles. The number of hydrogen-bond acceptors (Lipinski definition) is 4. The SMILES string of the molecule is CCC(N(C)C)[Si](OC)(OC)OC.[SiH4]. The number of nitrogens with zero attached hydrogens (tertiary/aromatic N) is 1. The quantitative estimate of drug-likeness (QED) is 0.573. The largest absolute Gasteiger partial charge is 0.518 e. The van der Waals surface area contributed by atoms with Gasteiger partial charge in [0, 0.05) is 21.3 Å². The normalized spacial score (nSPS) is 13.9. The van der Waals surface area contributed by atoms with Crippen molar-refractivity contribution in [2.24, 2.45) is 0 Å². The highest BCUT2D eigenvalue weighted by Crippen LogP contribution is 2.18. The van der Waals surface area contributed by atoms with Crippen LogP contribution in [0.15, 0.2) is 0 Å². The molecule has 0 spiro atoms. The van der Waals surface area contributed by atoms with Gasteiger partial charge in [0.1, 0.15) is 0 Å². The summed E-state index contributed by atoms with van der Waals surface area (Å²) in [6, 6.07) is 0. The first-order valence-electron chi connectivity index (χ1n) is 4.39. The first kappa shape index (κ1) is 16.7. The Bertz CT molecular complexity index is 134. The average Bonchev–Trinajstić information content (AvgIpc) is 2.13. The zero-order valence-electron chi connectivity index (χ0n) is 9.46. The molecule has 1 unspecified atom stereocenters. The predicted molar refractivity (Wildman–Crippen MR) is 65.9 cm³/mol. The Hall–Kier alpha value is 0.274. The van der Waals surface area contributed by atoms with Gasteiger partial charge >= 0.3 is 8.80 Å². The van der Waals surface area contributed by atoms with Crippen LogP contribution in [0.3, 0.4) is 0 Å². The van der Waals surface area contributed by atoms with Crippen LogP contribution in [0, 0.1) is 0 Å². The van der Waals surface area contributed by atoms with Crippen molar-refractivity contribution in [1.29, 1.82) is 0 Å². The Balaban J connectivity index is 0. The molecule has 0 fully saturated rings. The second-order valence-corrected chi connectivity index (χ2v) is 6.20. The molecule has 0 aliphatic heterocycles. The molecule has 0 rings (SSSR count). The summed E-state index contributed by atoms with van der Waals surface area (Å²) in [6.45, 7) is 2.10. The van der Waals surface area contributed by atoms with E-state index in [0.29, 0.717) is 0 Å². The van der Waals surface area contributed by atoms with Crippen molar-refractivity contribution < 1.29 is 13.3 Å². The molecule has 88 valence electrons. The van der Waals surface area contributed by atoms with Gasteiger partial charge in [-0.1, -0.05) is 6.92 Å². The van der Waals surface area contributed by atoms with Crippen LogP contribution in [-0.2, 0) is 13.3 Å². The van der Waals surface area contributed by atoms with Gasteiger partial charge in [-0.3, -0.25) is 0 Å². The first-order valence-corrected chi connectivity index (χ1v) is 6.20. The van der Waals surface area contributed by atoms with E-state index in [4.69, 9.17) is 13.3 Å². The van der Waals surface area contributed by atoms with E-state index in [2.05, 4.69) is 11.8 Å². The molecule has 0 amide bonds. The summed E-state index contributed by atoms with van der Waals surface area (Å²) in [5, 5.41) is 0. The van der Waals surface area contributed by atoms with Crippen molar-refractivity contribution in [2.75, 3.05) is 35.4 Å². The fourth-order valence-electron chi connectivity index (χ4n) is 1.59.